The van der Waals surface area contributed by atoms with Gasteiger partial charge in [-0.2, -0.15) is 0 Å². The van der Waals surface area contributed by atoms with E-state index in [0.29, 0.717) is 17.8 Å². The van der Waals surface area contributed by atoms with E-state index in [4.69, 9.17) is 0 Å². The highest BCUT2D eigenvalue weighted by Gasteiger charge is 2.43. The molecule has 0 fully saturated rings. The lowest BCUT2D eigenvalue weighted by molar-refractivity contribution is 0.301. The first-order valence-corrected chi connectivity index (χ1v) is 24.6. The largest absolute Gasteiger partial charge is 0.242 e. The van der Waals surface area contributed by atoms with Gasteiger partial charge in [-0.25, -0.2) is 0 Å². The average molecular weight is 851 g/mol. The molecule has 0 nitrogen and oxygen atoms in total. The van der Waals surface area contributed by atoms with Gasteiger partial charge in [-0.1, -0.05) is 236 Å². The fourth-order valence-electron chi connectivity index (χ4n) is 11.6. The molecule has 65 heavy (non-hydrogen) atoms. The van der Waals surface area contributed by atoms with Crippen molar-refractivity contribution in [2.24, 2.45) is 11.8 Å². The maximum absolute atomic E-state index is 2.68. The molecule has 1 aliphatic carbocycles. The summed E-state index contributed by atoms with van der Waals surface area (Å²) in [6, 6.07) is 58.0. The molecule has 1 atom stereocenters. The molecule has 0 amide bonds. The van der Waals surface area contributed by atoms with Crippen LogP contribution in [-0.4, -0.2) is 6.71 Å². The summed E-state index contributed by atoms with van der Waals surface area (Å²) >= 11 is 0. The molecule has 0 bridgehead atoms. The van der Waals surface area contributed by atoms with Crippen LogP contribution in [0, 0.1) is 53.4 Å². The van der Waals surface area contributed by atoms with Crippen molar-refractivity contribution < 1.29 is 0 Å². The number of hydrogen-bond acceptors (Lipinski definition) is 0. The smallest absolute Gasteiger partial charge is 0.0728 e. The Bertz CT molecular complexity index is 2640. The van der Waals surface area contributed by atoms with Gasteiger partial charge in [-0.05, 0) is 147 Å². The van der Waals surface area contributed by atoms with E-state index in [1.807, 2.05) is 0 Å². The van der Waals surface area contributed by atoms with Gasteiger partial charge in [0.1, 0.15) is 0 Å². The number of fused-ring (bicyclic) bond motifs is 1. The minimum atomic E-state index is 0.0928. The molecule has 0 aliphatic heterocycles. The summed E-state index contributed by atoms with van der Waals surface area (Å²) in [4.78, 5) is 0. The Labute approximate surface area is 393 Å². The molecule has 0 N–H and O–H groups in total. The second-order valence-corrected chi connectivity index (χ2v) is 20.7. The first-order chi connectivity index (χ1) is 31.3. The molecule has 0 spiro atoms. The zero-order valence-electron chi connectivity index (χ0n) is 41.1. The molecule has 330 valence electrons. The quantitative estimate of drug-likeness (QED) is 0.0902. The van der Waals surface area contributed by atoms with Gasteiger partial charge in [0.15, 0.2) is 0 Å². The molecule has 1 aliphatic rings. The van der Waals surface area contributed by atoms with Crippen molar-refractivity contribution in [3.63, 3.8) is 0 Å². The van der Waals surface area contributed by atoms with E-state index >= 15 is 0 Å². The summed E-state index contributed by atoms with van der Waals surface area (Å²) in [7, 11) is 0. The summed E-state index contributed by atoms with van der Waals surface area (Å²) < 4.78 is 0. The van der Waals surface area contributed by atoms with Gasteiger partial charge in [-0.15, -0.1) is 0 Å². The second kappa shape index (κ2) is 19.8. The van der Waals surface area contributed by atoms with E-state index in [0.717, 1.165) is 12.8 Å². The molecule has 0 saturated carbocycles. The van der Waals surface area contributed by atoms with Crippen LogP contribution in [0.3, 0.4) is 0 Å². The van der Waals surface area contributed by atoms with Crippen LogP contribution in [0.4, 0.5) is 0 Å². The predicted octanol–water partition coefficient (Wildman–Crippen LogP) is 15.3. The molecule has 0 radical (unpaired) electrons. The number of benzene rings is 7. The van der Waals surface area contributed by atoms with E-state index in [9.17, 15) is 0 Å². The van der Waals surface area contributed by atoms with Gasteiger partial charge >= 0.3 is 0 Å². The number of aryl methyl sites for hydroxylation is 6. The Balaban J connectivity index is 1.33. The lowest BCUT2D eigenvalue weighted by atomic mass is 9.34. The van der Waals surface area contributed by atoms with Gasteiger partial charge in [0.2, 0.25) is 6.71 Å². The molecule has 1 heteroatoms. The minimum Gasteiger partial charge on any atom is -0.0728 e. The van der Waals surface area contributed by atoms with Crippen molar-refractivity contribution in [2.45, 2.75) is 119 Å². The molecule has 0 saturated heterocycles. The fourth-order valence-corrected chi connectivity index (χ4v) is 11.6. The van der Waals surface area contributed by atoms with Crippen molar-refractivity contribution in [2.75, 3.05) is 0 Å². The third kappa shape index (κ3) is 10.1. The van der Waals surface area contributed by atoms with E-state index in [2.05, 4.69) is 227 Å². The van der Waals surface area contributed by atoms with Crippen LogP contribution in [0.2, 0.25) is 0 Å². The summed E-state index contributed by atoms with van der Waals surface area (Å²) in [6.07, 6.45) is 9.63. The van der Waals surface area contributed by atoms with Crippen molar-refractivity contribution in [3.05, 3.63) is 213 Å². The molecule has 1 unspecified atom stereocenters. The van der Waals surface area contributed by atoms with E-state index < -0.39 is 0 Å². The van der Waals surface area contributed by atoms with Gasteiger partial charge in [0.05, 0.1) is 0 Å². The topological polar surface area (TPSA) is 0 Å². The average Bonchev–Trinajstić information content (AvgIpc) is 3.58. The number of hydrogen-bond donors (Lipinski definition) is 0. The molecule has 7 aromatic carbocycles. The van der Waals surface area contributed by atoms with Crippen molar-refractivity contribution in [1.29, 1.82) is 0 Å². The summed E-state index contributed by atoms with van der Waals surface area (Å²) in [5.74, 6) is 1.60. The Kier molecular flexibility index (Phi) is 14.0. The SMILES string of the molecule is Cc1cc(C)c(B(c2ccc(-c3cc4c(cc3-c3ccccc3)C(/C=C(\Cc3ccccc3)c3ccccc3)CC4(CCC(C)C)CCC(C)C)cc2)c2c(C)cc(C)cc2C)c(C)c1. The lowest BCUT2D eigenvalue weighted by Gasteiger charge is -2.33. The van der Waals surface area contributed by atoms with E-state index in [-0.39, 0.29) is 12.1 Å². The highest BCUT2D eigenvalue weighted by Crippen LogP contribution is 2.55. The number of allylic oxidation sites excluding steroid dienone is 2. The Morgan fingerprint density at radius 3 is 1.52 bits per heavy atom. The van der Waals surface area contributed by atoms with Gasteiger partial charge < -0.3 is 0 Å². The van der Waals surface area contributed by atoms with Crippen LogP contribution >= 0.6 is 0 Å². The Morgan fingerprint density at radius 1 is 0.554 bits per heavy atom. The fraction of sp³-hybridized carbons (Fsp3) is 0.312. The van der Waals surface area contributed by atoms with Gasteiger partial charge in [-0.3, -0.25) is 0 Å². The molecular formula is C64H71B. The monoisotopic (exact) mass is 851 g/mol. The van der Waals surface area contributed by atoms with Crippen molar-refractivity contribution in [3.8, 4) is 22.3 Å². The zero-order chi connectivity index (χ0) is 45.8. The van der Waals surface area contributed by atoms with Gasteiger partial charge in [0.25, 0.3) is 0 Å². The first-order valence-electron chi connectivity index (χ1n) is 24.6. The van der Waals surface area contributed by atoms with Crippen molar-refractivity contribution >= 4 is 28.7 Å². The third-order valence-electron chi connectivity index (χ3n) is 14.6. The maximum atomic E-state index is 2.68. The number of rotatable bonds is 15. The Hall–Kier alpha value is -5.66. The summed E-state index contributed by atoms with van der Waals surface area (Å²) in [5, 5.41) is 0. The predicted molar refractivity (Wildman–Crippen MR) is 285 cm³/mol. The van der Waals surface area contributed by atoms with Crippen LogP contribution in [0.5, 0.6) is 0 Å². The van der Waals surface area contributed by atoms with Crippen LogP contribution in [0.1, 0.15) is 121 Å². The van der Waals surface area contributed by atoms with Crippen LogP contribution in [-0.2, 0) is 11.8 Å². The minimum absolute atomic E-state index is 0.0928. The molecule has 8 rings (SSSR count). The van der Waals surface area contributed by atoms with Crippen LogP contribution in [0.15, 0.2) is 158 Å². The van der Waals surface area contributed by atoms with Gasteiger partial charge in [0, 0.05) is 5.92 Å². The molecular weight excluding hydrogens is 780 g/mol. The highest BCUT2D eigenvalue weighted by atomic mass is 14.5. The zero-order valence-corrected chi connectivity index (χ0v) is 41.1. The van der Waals surface area contributed by atoms with Crippen LogP contribution in [0.25, 0.3) is 27.8 Å². The summed E-state index contributed by atoms with van der Waals surface area (Å²) in [5.41, 5.74) is 24.9. The molecule has 0 aromatic heterocycles. The van der Waals surface area contributed by atoms with Crippen molar-refractivity contribution in [1.82, 2.24) is 0 Å². The summed E-state index contributed by atoms with van der Waals surface area (Å²) in [6.45, 7) is 23.5. The van der Waals surface area contributed by atoms with Crippen LogP contribution < -0.4 is 16.4 Å². The highest BCUT2D eigenvalue weighted by molar-refractivity contribution is 6.96. The van der Waals surface area contributed by atoms with E-state index in [1.54, 1.807) is 5.56 Å². The Morgan fingerprint density at radius 2 is 1.02 bits per heavy atom. The molecule has 7 aromatic rings. The maximum Gasteiger partial charge on any atom is 0.242 e. The lowest BCUT2D eigenvalue weighted by Crippen LogP contribution is -2.55. The van der Waals surface area contributed by atoms with E-state index in [1.165, 1.54) is 120 Å². The molecule has 0 heterocycles. The standard InChI is InChI=1S/C64H71B/c1-43(2)30-32-64(33-31-44(3)4)42-56(39-55(52-22-16-12-17-23-52)38-51-20-14-11-15-21-51)60-40-58(53-24-18-13-19-25-53)59(41-61(60)64)54-26-28-57(29-27-54)65(62-47(7)34-45(5)35-48(62)8)63-49(9)36-46(6)37-50(63)10/h11-29,34-37,39-41,43-44,56H,30-33,38,42H2,1-10H3/b55-39+. The second-order valence-electron chi connectivity index (χ2n) is 20.7. The first kappa shape index (κ1) is 45.9. The third-order valence-corrected chi connectivity index (χ3v) is 14.6. The normalized spacial score (nSPS) is 14.6.